The number of aryl methyl sites for hydroxylation is 1. The van der Waals surface area contributed by atoms with Gasteiger partial charge in [0, 0.05) is 24.6 Å². The summed E-state index contributed by atoms with van der Waals surface area (Å²) in [6.45, 7) is 2.49. The number of nitrogens with two attached hydrogens (primary N) is 1. The molecule has 3 N–H and O–H groups in total. The predicted molar refractivity (Wildman–Crippen MR) is 73.0 cm³/mol. The van der Waals surface area contributed by atoms with Gasteiger partial charge in [-0.2, -0.15) is 0 Å². The molecule has 0 fully saturated rings. The molecular weight excluding hydrogens is 284 g/mol. The molecule has 0 atom stereocenters. The third-order valence-corrected chi connectivity index (χ3v) is 2.81. The lowest BCUT2D eigenvalue weighted by Crippen LogP contribution is -2.14. The topological polar surface area (TPSA) is 64.3 Å². The van der Waals surface area contributed by atoms with Gasteiger partial charge in [0.25, 0.3) is 0 Å². The first-order valence-electron chi connectivity index (χ1n) is 5.39. The van der Waals surface area contributed by atoms with Crippen molar-refractivity contribution < 1.29 is 9.53 Å². The van der Waals surface area contributed by atoms with E-state index in [4.69, 9.17) is 10.5 Å². The summed E-state index contributed by atoms with van der Waals surface area (Å²) in [5, 5.41) is 2.82. The molecule has 1 rings (SSSR count). The van der Waals surface area contributed by atoms with Crippen molar-refractivity contribution in [2.45, 2.75) is 19.8 Å². The zero-order chi connectivity index (χ0) is 12.8. The number of carbonyl (C=O) groups excluding carboxylic acids is 1. The van der Waals surface area contributed by atoms with Crippen molar-refractivity contribution in [2.24, 2.45) is 0 Å². The number of ether oxygens (including phenoxy) is 1. The number of nitrogens with one attached hydrogen (secondary N) is 1. The summed E-state index contributed by atoms with van der Waals surface area (Å²) in [6, 6.07) is 3.69. The summed E-state index contributed by atoms with van der Waals surface area (Å²) in [6.07, 6.45) is 1.14. The number of benzene rings is 1. The highest BCUT2D eigenvalue weighted by molar-refractivity contribution is 9.10. The molecule has 94 valence electrons. The molecule has 0 bridgehead atoms. The van der Waals surface area contributed by atoms with E-state index in [0.29, 0.717) is 30.8 Å². The Balaban J connectivity index is 2.65. The van der Waals surface area contributed by atoms with Gasteiger partial charge in [-0.1, -0.05) is 15.9 Å². The van der Waals surface area contributed by atoms with Gasteiger partial charge in [0.2, 0.25) is 5.91 Å². The van der Waals surface area contributed by atoms with Gasteiger partial charge < -0.3 is 15.8 Å². The zero-order valence-corrected chi connectivity index (χ0v) is 11.6. The number of halogens is 1. The lowest BCUT2D eigenvalue weighted by Gasteiger charge is -2.11. The molecule has 4 nitrogen and oxygen atoms in total. The summed E-state index contributed by atoms with van der Waals surface area (Å²) in [5.41, 5.74) is 8.05. The molecule has 1 aromatic carbocycles. The normalized spacial score (nSPS) is 10.3. The minimum Gasteiger partial charge on any atom is -0.397 e. The van der Waals surface area contributed by atoms with Crippen LogP contribution in [0.2, 0.25) is 0 Å². The lowest BCUT2D eigenvalue weighted by molar-refractivity contribution is -0.116. The number of carbonyl (C=O) groups is 1. The molecule has 0 aliphatic heterocycles. The second kappa shape index (κ2) is 6.61. The number of hydrogen-bond donors (Lipinski definition) is 2. The quantitative estimate of drug-likeness (QED) is 0.649. The molecule has 0 aromatic heterocycles. The molecule has 0 aliphatic carbocycles. The fourth-order valence-corrected chi connectivity index (χ4v) is 2.11. The van der Waals surface area contributed by atoms with Gasteiger partial charge in [-0.25, -0.2) is 0 Å². The largest absolute Gasteiger partial charge is 0.397 e. The Labute approximate surface area is 110 Å². The van der Waals surface area contributed by atoms with Crippen LogP contribution in [0.3, 0.4) is 0 Å². The smallest absolute Gasteiger partial charge is 0.224 e. The monoisotopic (exact) mass is 300 g/mol. The predicted octanol–water partition coefficient (Wildman–Crippen LogP) is 2.70. The second-order valence-electron chi connectivity index (χ2n) is 3.83. The van der Waals surface area contributed by atoms with E-state index in [1.807, 2.05) is 13.0 Å². The number of amides is 1. The highest BCUT2D eigenvalue weighted by Crippen LogP contribution is 2.27. The van der Waals surface area contributed by atoms with E-state index >= 15 is 0 Å². The molecule has 0 saturated heterocycles. The fraction of sp³-hybridized carbons (Fsp3) is 0.417. The van der Waals surface area contributed by atoms with E-state index in [1.165, 1.54) is 0 Å². The highest BCUT2D eigenvalue weighted by atomic mass is 79.9. The van der Waals surface area contributed by atoms with Crippen LogP contribution in [0.4, 0.5) is 11.4 Å². The van der Waals surface area contributed by atoms with Gasteiger partial charge >= 0.3 is 0 Å². The Morgan fingerprint density at radius 3 is 2.82 bits per heavy atom. The minimum absolute atomic E-state index is 0.0424. The van der Waals surface area contributed by atoms with E-state index in [9.17, 15) is 4.79 Å². The number of rotatable bonds is 5. The number of anilines is 2. The van der Waals surface area contributed by atoms with Crippen LogP contribution in [-0.4, -0.2) is 19.6 Å². The lowest BCUT2D eigenvalue weighted by atomic mass is 10.1. The summed E-state index contributed by atoms with van der Waals surface area (Å²) in [7, 11) is 1.62. The average Bonchev–Trinajstić information content (AvgIpc) is 2.24. The van der Waals surface area contributed by atoms with Crippen LogP contribution in [0.5, 0.6) is 0 Å². The van der Waals surface area contributed by atoms with Gasteiger partial charge in [-0.05, 0) is 31.0 Å². The molecule has 17 heavy (non-hydrogen) atoms. The third kappa shape index (κ3) is 4.36. The maximum atomic E-state index is 11.6. The SMILES string of the molecule is COCCCC(=O)Nc1c(C)cc(Br)cc1N. The van der Waals surface area contributed by atoms with E-state index in [2.05, 4.69) is 21.2 Å². The summed E-state index contributed by atoms with van der Waals surface area (Å²) in [4.78, 5) is 11.6. The average molecular weight is 301 g/mol. The Bertz CT molecular complexity index is 384. The van der Waals surface area contributed by atoms with Crippen molar-refractivity contribution in [1.82, 2.24) is 0 Å². The van der Waals surface area contributed by atoms with Gasteiger partial charge in [-0.3, -0.25) is 4.79 Å². The second-order valence-corrected chi connectivity index (χ2v) is 4.75. The molecule has 1 amide bonds. The van der Waals surface area contributed by atoms with Gasteiger partial charge in [0.15, 0.2) is 0 Å². The number of methoxy groups -OCH3 is 1. The molecule has 0 heterocycles. The molecule has 0 saturated carbocycles. The minimum atomic E-state index is -0.0424. The van der Waals surface area contributed by atoms with Gasteiger partial charge in [0.1, 0.15) is 0 Å². The maximum Gasteiger partial charge on any atom is 0.224 e. The van der Waals surface area contributed by atoms with E-state index in [1.54, 1.807) is 13.2 Å². The van der Waals surface area contributed by atoms with Crippen LogP contribution in [0.25, 0.3) is 0 Å². The first-order valence-corrected chi connectivity index (χ1v) is 6.18. The fourth-order valence-electron chi connectivity index (χ4n) is 1.52. The van der Waals surface area contributed by atoms with Gasteiger partial charge in [0.05, 0.1) is 11.4 Å². The number of hydrogen-bond acceptors (Lipinski definition) is 3. The molecule has 0 aliphatic rings. The summed E-state index contributed by atoms with van der Waals surface area (Å²) in [5.74, 6) is -0.0424. The standard InChI is InChI=1S/C12H17BrN2O2/c1-8-6-9(13)7-10(14)12(8)15-11(16)4-3-5-17-2/h6-7H,3-5,14H2,1-2H3,(H,15,16). The molecule has 1 aromatic rings. The molecule has 0 radical (unpaired) electrons. The summed E-state index contributed by atoms with van der Waals surface area (Å²) >= 11 is 3.36. The van der Waals surface area contributed by atoms with Crippen LogP contribution < -0.4 is 11.1 Å². The molecular formula is C12H17BrN2O2. The molecule has 0 unspecified atom stereocenters. The van der Waals surface area contributed by atoms with Crippen molar-refractivity contribution in [3.63, 3.8) is 0 Å². The van der Waals surface area contributed by atoms with Crippen LogP contribution in [-0.2, 0) is 9.53 Å². The highest BCUT2D eigenvalue weighted by Gasteiger charge is 2.08. The van der Waals surface area contributed by atoms with E-state index < -0.39 is 0 Å². The van der Waals surface area contributed by atoms with Crippen molar-refractivity contribution in [1.29, 1.82) is 0 Å². The van der Waals surface area contributed by atoms with Crippen LogP contribution in [0.1, 0.15) is 18.4 Å². The number of nitrogen functional groups attached to an aromatic ring is 1. The molecule has 0 spiro atoms. The Morgan fingerprint density at radius 1 is 1.53 bits per heavy atom. The van der Waals surface area contributed by atoms with E-state index in [0.717, 1.165) is 10.0 Å². The van der Waals surface area contributed by atoms with Gasteiger partial charge in [-0.15, -0.1) is 0 Å². The van der Waals surface area contributed by atoms with Crippen molar-refractivity contribution in [3.8, 4) is 0 Å². The van der Waals surface area contributed by atoms with Crippen LogP contribution in [0.15, 0.2) is 16.6 Å². The summed E-state index contributed by atoms with van der Waals surface area (Å²) < 4.78 is 5.80. The van der Waals surface area contributed by atoms with Crippen molar-refractivity contribution >= 4 is 33.2 Å². The Morgan fingerprint density at radius 2 is 2.24 bits per heavy atom. The van der Waals surface area contributed by atoms with Crippen LogP contribution >= 0.6 is 15.9 Å². The molecule has 5 heteroatoms. The van der Waals surface area contributed by atoms with Crippen molar-refractivity contribution in [3.05, 3.63) is 22.2 Å². The first kappa shape index (κ1) is 14.0. The zero-order valence-electron chi connectivity index (χ0n) is 10.0. The van der Waals surface area contributed by atoms with E-state index in [-0.39, 0.29) is 5.91 Å². The Hall–Kier alpha value is -1.07. The Kier molecular flexibility index (Phi) is 5.44. The third-order valence-electron chi connectivity index (χ3n) is 2.35. The first-order chi connectivity index (χ1) is 8.04. The maximum absolute atomic E-state index is 11.6. The van der Waals surface area contributed by atoms with Crippen molar-refractivity contribution in [2.75, 3.05) is 24.8 Å². The van der Waals surface area contributed by atoms with Crippen LogP contribution in [0, 0.1) is 6.92 Å².